The first-order valence-electron chi connectivity index (χ1n) is 5.32. The van der Waals surface area contributed by atoms with Crippen molar-refractivity contribution in [1.82, 2.24) is 0 Å². The van der Waals surface area contributed by atoms with Crippen LogP contribution in [-0.2, 0) is 6.42 Å². The van der Waals surface area contributed by atoms with Gasteiger partial charge < -0.3 is 11.5 Å². The lowest BCUT2D eigenvalue weighted by Crippen LogP contribution is -2.18. The third-order valence-corrected chi connectivity index (χ3v) is 3.06. The van der Waals surface area contributed by atoms with Crippen LogP contribution < -0.4 is 11.5 Å². The maximum absolute atomic E-state index is 6.07. The standard InChI is InChI=1S/C12H18N2/c1-8(13)10-6-5-9-3-2-4-12(14)11(9)7-10/h5-8,12H,2-4,13-14H2,1H3/t8-,12-/m1/s1. The van der Waals surface area contributed by atoms with E-state index in [0.29, 0.717) is 0 Å². The summed E-state index contributed by atoms with van der Waals surface area (Å²) >= 11 is 0. The number of nitrogens with two attached hydrogens (primary N) is 2. The third-order valence-electron chi connectivity index (χ3n) is 3.06. The molecule has 0 aromatic heterocycles. The highest BCUT2D eigenvalue weighted by atomic mass is 14.6. The van der Waals surface area contributed by atoms with Gasteiger partial charge in [-0.15, -0.1) is 0 Å². The lowest BCUT2D eigenvalue weighted by atomic mass is 9.86. The Kier molecular flexibility index (Phi) is 2.57. The highest BCUT2D eigenvalue weighted by molar-refractivity contribution is 5.37. The maximum Gasteiger partial charge on any atom is 0.0297 e. The molecule has 2 atom stereocenters. The average molecular weight is 190 g/mol. The van der Waals surface area contributed by atoms with Crippen molar-refractivity contribution in [3.05, 3.63) is 34.9 Å². The van der Waals surface area contributed by atoms with Crippen LogP contribution in [0.2, 0.25) is 0 Å². The Labute approximate surface area is 85.3 Å². The Morgan fingerprint density at radius 2 is 2.21 bits per heavy atom. The molecule has 0 saturated carbocycles. The van der Waals surface area contributed by atoms with E-state index in [4.69, 9.17) is 11.5 Å². The topological polar surface area (TPSA) is 52.0 Å². The molecule has 2 heteroatoms. The molecule has 0 spiro atoms. The van der Waals surface area contributed by atoms with Crippen molar-refractivity contribution < 1.29 is 0 Å². The minimum absolute atomic E-state index is 0.106. The SMILES string of the molecule is C[C@@H](N)c1ccc2c(c1)[C@H](N)CCC2. The first-order chi connectivity index (χ1) is 6.68. The predicted octanol–water partition coefficient (Wildman–Crippen LogP) is 2.04. The van der Waals surface area contributed by atoms with Gasteiger partial charge in [0.1, 0.15) is 0 Å². The van der Waals surface area contributed by atoms with Crippen LogP contribution >= 0.6 is 0 Å². The molecule has 0 aliphatic heterocycles. The summed E-state index contributed by atoms with van der Waals surface area (Å²) in [7, 11) is 0. The molecule has 0 heterocycles. The molecule has 1 aromatic rings. The van der Waals surface area contributed by atoms with Crippen molar-refractivity contribution >= 4 is 0 Å². The van der Waals surface area contributed by atoms with E-state index in [1.165, 1.54) is 29.5 Å². The van der Waals surface area contributed by atoms with Gasteiger partial charge in [0.05, 0.1) is 0 Å². The largest absolute Gasteiger partial charge is 0.324 e. The molecule has 0 saturated heterocycles. The Hall–Kier alpha value is -0.860. The van der Waals surface area contributed by atoms with Crippen molar-refractivity contribution in [1.29, 1.82) is 0 Å². The Morgan fingerprint density at radius 1 is 1.43 bits per heavy atom. The Bertz CT molecular complexity index is 331. The second kappa shape index (κ2) is 3.71. The summed E-state index contributed by atoms with van der Waals surface area (Å²) in [6.45, 7) is 2.01. The smallest absolute Gasteiger partial charge is 0.0297 e. The van der Waals surface area contributed by atoms with E-state index >= 15 is 0 Å². The van der Waals surface area contributed by atoms with Crippen molar-refractivity contribution in [2.24, 2.45) is 11.5 Å². The zero-order valence-corrected chi connectivity index (χ0v) is 8.66. The molecular weight excluding hydrogens is 172 g/mol. The lowest BCUT2D eigenvalue weighted by molar-refractivity contribution is 0.569. The summed E-state index contributed by atoms with van der Waals surface area (Å²) in [5.74, 6) is 0. The van der Waals surface area contributed by atoms with E-state index in [2.05, 4.69) is 18.2 Å². The molecular formula is C12H18N2. The molecule has 76 valence electrons. The molecule has 4 N–H and O–H groups in total. The minimum atomic E-state index is 0.106. The van der Waals surface area contributed by atoms with E-state index in [-0.39, 0.29) is 12.1 Å². The first kappa shape index (κ1) is 9.69. The first-order valence-corrected chi connectivity index (χ1v) is 5.32. The molecule has 0 fully saturated rings. The van der Waals surface area contributed by atoms with Crippen LogP contribution in [0.3, 0.4) is 0 Å². The molecule has 0 bridgehead atoms. The molecule has 2 nitrogen and oxygen atoms in total. The van der Waals surface area contributed by atoms with Gasteiger partial charge in [0.25, 0.3) is 0 Å². The van der Waals surface area contributed by atoms with Gasteiger partial charge in [-0.3, -0.25) is 0 Å². The van der Waals surface area contributed by atoms with Crippen molar-refractivity contribution in [2.45, 2.75) is 38.3 Å². The Balaban J connectivity index is 2.41. The van der Waals surface area contributed by atoms with E-state index < -0.39 is 0 Å². The third kappa shape index (κ3) is 1.68. The number of hydrogen-bond donors (Lipinski definition) is 2. The summed E-state index contributed by atoms with van der Waals surface area (Å²) in [5.41, 5.74) is 15.8. The van der Waals surface area contributed by atoms with Gasteiger partial charge in [0.15, 0.2) is 0 Å². The van der Waals surface area contributed by atoms with Gasteiger partial charge in [-0.05, 0) is 42.9 Å². The second-order valence-electron chi connectivity index (χ2n) is 4.25. The van der Waals surface area contributed by atoms with E-state index in [1.54, 1.807) is 0 Å². The normalized spacial score (nSPS) is 22.9. The zero-order chi connectivity index (χ0) is 10.1. The molecule has 1 aromatic carbocycles. The van der Waals surface area contributed by atoms with Gasteiger partial charge in [-0.25, -0.2) is 0 Å². The van der Waals surface area contributed by atoms with Gasteiger partial charge in [-0.2, -0.15) is 0 Å². The predicted molar refractivity (Wildman–Crippen MR) is 58.9 cm³/mol. The van der Waals surface area contributed by atoms with Crippen molar-refractivity contribution in [3.63, 3.8) is 0 Å². The van der Waals surface area contributed by atoms with Gasteiger partial charge >= 0.3 is 0 Å². The molecule has 0 radical (unpaired) electrons. The summed E-state index contributed by atoms with van der Waals surface area (Å²) in [5, 5.41) is 0. The van der Waals surface area contributed by atoms with Gasteiger partial charge in [0, 0.05) is 12.1 Å². The van der Waals surface area contributed by atoms with Gasteiger partial charge in [0.2, 0.25) is 0 Å². The van der Waals surface area contributed by atoms with Crippen LogP contribution in [0.5, 0.6) is 0 Å². The lowest BCUT2D eigenvalue weighted by Gasteiger charge is -2.23. The summed E-state index contributed by atoms with van der Waals surface area (Å²) in [6.07, 6.45) is 3.49. The maximum atomic E-state index is 6.07. The molecule has 1 aliphatic rings. The van der Waals surface area contributed by atoms with E-state index in [1.807, 2.05) is 6.92 Å². The number of fused-ring (bicyclic) bond motifs is 1. The number of hydrogen-bond acceptors (Lipinski definition) is 2. The summed E-state index contributed by atoms with van der Waals surface area (Å²) in [4.78, 5) is 0. The van der Waals surface area contributed by atoms with Crippen molar-refractivity contribution in [3.8, 4) is 0 Å². The molecule has 0 unspecified atom stereocenters. The highest BCUT2D eigenvalue weighted by Crippen LogP contribution is 2.29. The van der Waals surface area contributed by atoms with Crippen LogP contribution in [0.25, 0.3) is 0 Å². The monoisotopic (exact) mass is 190 g/mol. The quantitative estimate of drug-likeness (QED) is 0.712. The van der Waals surface area contributed by atoms with Crippen molar-refractivity contribution in [2.75, 3.05) is 0 Å². The van der Waals surface area contributed by atoms with Crippen LogP contribution in [-0.4, -0.2) is 0 Å². The zero-order valence-electron chi connectivity index (χ0n) is 8.66. The minimum Gasteiger partial charge on any atom is -0.324 e. The second-order valence-corrected chi connectivity index (χ2v) is 4.25. The number of aryl methyl sites for hydroxylation is 1. The Morgan fingerprint density at radius 3 is 2.93 bits per heavy atom. The molecule has 0 amide bonds. The van der Waals surface area contributed by atoms with Crippen LogP contribution in [0.4, 0.5) is 0 Å². The van der Waals surface area contributed by atoms with Crippen LogP contribution in [0.15, 0.2) is 18.2 Å². The van der Waals surface area contributed by atoms with Gasteiger partial charge in [-0.1, -0.05) is 18.2 Å². The molecule has 14 heavy (non-hydrogen) atoms. The summed E-state index contributed by atoms with van der Waals surface area (Å²) < 4.78 is 0. The van der Waals surface area contributed by atoms with Crippen LogP contribution in [0, 0.1) is 0 Å². The van der Waals surface area contributed by atoms with Crippen LogP contribution in [0.1, 0.15) is 48.5 Å². The average Bonchev–Trinajstić information content (AvgIpc) is 2.18. The van der Waals surface area contributed by atoms with E-state index in [0.717, 1.165) is 6.42 Å². The fraction of sp³-hybridized carbons (Fsp3) is 0.500. The molecule has 1 aliphatic carbocycles. The summed E-state index contributed by atoms with van der Waals surface area (Å²) in [6, 6.07) is 6.82. The molecule has 2 rings (SSSR count). The number of benzene rings is 1. The fourth-order valence-corrected chi connectivity index (χ4v) is 2.14. The van der Waals surface area contributed by atoms with E-state index in [9.17, 15) is 0 Å². The highest BCUT2D eigenvalue weighted by Gasteiger charge is 2.17. The number of rotatable bonds is 1. The fourth-order valence-electron chi connectivity index (χ4n) is 2.14.